The van der Waals surface area contributed by atoms with Gasteiger partial charge in [-0.25, -0.2) is 9.59 Å². The molecule has 0 saturated carbocycles. The van der Waals surface area contributed by atoms with Crippen LogP contribution >= 0.6 is 0 Å². The Morgan fingerprint density at radius 1 is 0.792 bits per heavy atom. The van der Waals surface area contributed by atoms with Gasteiger partial charge in [0.2, 0.25) is 0 Å². The maximum absolute atomic E-state index is 11.5. The van der Waals surface area contributed by atoms with E-state index in [4.69, 9.17) is 14.9 Å². The Morgan fingerprint density at radius 3 is 1.50 bits per heavy atom. The predicted octanol–water partition coefficient (Wildman–Crippen LogP) is 3.78. The van der Waals surface area contributed by atoms with E-state index in [-0.39, 0.29) is 5.71 Å². The molecule has 2 aromatic rings. The van der Waals surface area contributed by atoms with Crippen molar-refractivity contribution in [2.24, 2.45) is 0 Å². The molecule has 1 N–H and O–H groups in total. The average Bonchev–Trinajstić information content (AvgIpc) is 2.56. The summed E-state index contributed by atoms with van der Waals surface area (Å²) in [5, 5.41) is 7.21. The van der Waals surface area contributed by atoms with Crippen molar-refractivity contribution < 1.29 is 19.1 Å². The predicted molar refractivity (Wildman–Crippen MR) is 91.4 cm³/mol. The largest absolute Gasteiger partial charge is 0.423 e. The lowest BCUT2D eigenvalue weighted by Gasteiger charge is -2.07. The van der Waals surface area contributed by atoms with Gasteiger partial charge in [0.1, 0.15) is 17.2 Å². The van der Waals surface area contributed by atoms with Gasteiger partial charge in [-0.1, -0.05) is 30.8 Å². The minimum absolute atomic E-state index is 0.154. The van der Waals surface area contributed by atoms with Crippen molar-refractivity contribution in [2.75, 3.05) is 0 Å². The van der Waals surface area contributed by atoms with Crippen LogP contribution in [0.3, 0.4) is 0 Å². The lowest BCUT2D eigenvalue weighted by Crippen LogP contribution is -2.16. The van der Waals surface area contributed by atoms with Gasteiger partial charge in [-0.3, -0.25) is 5.41 Å². The van der Waals surface area contributed by atoms with E-state index in [9.17, 15) is 9.59 Å². The van der Waals surface area contributed by atoms with E-state index in [0.29, 0.717) is 17.1 Å². The van der Waals surface area contributed by atoms with E-state index in [0.717, 1.165) is 11.1 Å². The quantitative estimate of drug-likeness (QED) is 0.393. The number of carbonyl (C=O) groups is 2. The smallest absolute Gasteiger partial charge is 0.357 e. The summed E-state index contributed by atoms with van der Waals surface area (Å²) in [5.41, 5.74) is 2.02. The van der Waals surface area contributed by atoms with Crippen molar-refractivity contribution in [3.05, 3.63) is 60.7 Å². The van der Waals surface area contributed by atoms with Gasteiger partial charge in [0.15, 0.2) is 0 Å². The molecule has 0 unspecified atom stereocenters. The molecule has 0 saturated heterocycles. The van der Waals surface area contributed by atoms with Gasteiger partial charge in [0.05, 0.1) is 0 Å². The van der Waals surface area contributed by atoms with E-state index in [1.807, 2.05) is 12.1 Å². The van der Waals surface area contributed by atoms with Gasteiger partial charge in [0.25, 0.3) is 0 Å². The van der Waals surface area contributed by atoms with Crippen LogP contribution in [0.5, 0.6) is 11.5 Å². The molecule has 0 atom stereocenters. The summed E-state index contributed by atoms with van der Waals surface area (Å²) in [6.45, 7) is 6.49. The molecule has 2 aromatic carbocycles. The Kier molecular flexibility index (Phi) is 5.27. The first-order chi connectivity index (χ1) is 11.4. The monoisotopic (exact) mass is 323 g/mol. The Bertz CT molecular complexity index is 720. The van der Waals surface area contributed by atoms with E-state index in [2.05, 4.69) is 6.58 Å². The molecule has 5 nitrogen and oxygen atoms in total. The number of ether oxygens (including phenoxy) is 2. The fourth-order valence-corrected chi connectivity index (χ4v) is 1.81. The van der Waals surface area contributed by atoms with E-state index in [1.54, 1.807) is 43.3 Å². The molecule has 0 spiro atoms. The number of carbonyl (C=O) groups excluding carboxylic acids is 2. The third-order valence-electron chi connectivity index (χ3n) is 3.12. The number of esters is 2. The fourth-order valence-electron chi connectivity index (χ4n) is 1.81. The Hall–Kier alpha value is -3.21. The van der Waals surface area contributed by atoms with Crippen LogP contribution in [0.15, 0.2) is 60.7 Å². The minimum atomic E-state index is -0.675. The Balaban J connectivity index is 2.09. The highest BCUT2D eigenvalue weighted by Crippen LogP contribution is 2.25. The van der Waals surface area contributed by atoms with Crippen molar-refractivity contribution in [2.45, 2.75) is 13.8 Å². The van der Waals surface area contributed by atoms with Gasteiger partial charge >= 0.3 is 11.9 Å². The summed E-state index contributed by atoms with van der Waals surface area (Å²) in [4.78, 5) is 22.8. The zero-order valence-electron chi connectivity index (χ0n) is 13.5. The molecular formula is C19H17NO4. The normalized spacial score (nSPS) is 9.92. The van der Waals surface area contributed by atoms with Crippen molar-refractivity contribution in [3.8, 4) is 22.6 Å². The van der Waals surface area contributed by atoms with E-state index < -0.39 is 11.9 Å². The number of benzene rings is 2. The van der Waals surface area contributed by atoms with Gasteiger partial charge in [0, 0.05) is 5.57 Å². The molecule has 5 heteroatoms. The lowest BCUT2D eigenvalue weighted by molar-refractivity contribution is -0.130. The average molecular weight is 323 g/mol. The van der Waals surface area contributed by atoms with Gasteiger partial charge in [-0.05, 0) is 49.2 Å². The second-order valence-corrected chi connectivity index (χ2v) is 5.23. The van der Waals surface area contributed by atoms with Crippen LogP contribution in [-0.4, -0.2) is 17.7 Å². The molecule has 24 heavy (non-hydrogen) atoms. The maximum Gasteiger partial charge on any atom is 0.357 e. The standard InChI is InChI=1S/C19H17NO4/c1-12(2)18(21)23-16-8-4-14(5-9-16)15-6-10-17(11-7-15)24-19(22)13(3)20/h4-11,20H,1H2,2-3H3. The summed E-state index contributed by atoms with van der Waals surface area (Å²) in [6, 6.07) is 14.0. The number of nitrogens with one attached hydrogen (secondary N) is 1. The number of hydrogen-bond donors (Lipinski definition) is 1. The van der Waals surface area contributed by atoms with Gasteiger partial charge < -0.3 is 9.47 Å². The SMILES string of the molecule is C=C(C)C(=O)Oc1ccc(-c2ccc(OC(=O)C(C)=N)cc2)cc1. The first-order valence-electron chi connectivity index (χ1n) is 7.22. The minimum Gasteiger partial charge on any atom is -0.423 e. The van der Waals surface area contributed by atoms with E-state index in [1.165, 1.54) is 6.92 Å². The highest BCUT2D eigenvalue weighted by Gasteiger charge is 2.08. The topological polar surface area (TPSA) is 76.5 Å². The van der Waals surface area contributed by atoms with Gasteiger partial charge in [-0.2, -0.15) is 0 Å². The zero-order chi connectivity index (χ0) is 17.7. The molecule has 0 bridgehead atoms. The van der Waals surface area contributed by atoms with Gasteiger partial charge in [-0.15, -0.1) is 0 Å². The van der Waals surface area contributed by atoms with Crippen molar-refractivity contribution >= 4 is 17.7 Å². The summed E-state index contributed by atoms with van der Waals surface area (Å²) in [5.74, 6) is -0.317. The summed E-state index contributed by atoms with van der Waals surface area (Å²) in [6.07, 6.45) is 0. The molecule has 0 aliphatic heterocycles. The zero-order valence-corrected chi connectivity index (χ0v) is 13.5. The summed E-state index contributed by atoms with van der Waals surface area (Å²) >= 11 is 0. The molecule has 0 aliphatic carbocycles. The molecular weight excluding hydrogens is 306 g/mol. The molecule has 0 radical (unpaired) electrons. The second kappa shape index (κ2) is 7.37. The van der Waals surface area contributed by atoms with Crippen LogP contribution in [0.1, 0.15) is 13.8 Å². The first kappa shape index (κ1) is 17.1. The van der Waals surface area contributed by atoms with Crippen LogP contribution < -0.4 is 9.47 Å². The molecule has 2 rings (SSSR count). The number of hydrogen-bond acceptors (Lipinski definition) is 5. The molecule has 0 amide bonds. The van der Waals surface area contributed by atoms with Crippen LogP contribution in [0.2, 0.25) is 0 Å². The van der Waals surface area contributed by atoms with E-state index >= 15 is 0 Å². The summed E-state index contributed by atoms with van der Waals surface area (Å²) in [7, 11) is 0. The second-order valence-electron chi connectivity index (χ2n) is 5.23. The molecule has 122 valence electrons. The molecule has 0 heterocycles. The molecule has 0 aromatic heterocycles. The van der Waals surface area contributed by atoms with Crippen LogP contribution in [0.4, 0.5) is 0 Å². The molecule has 0 fully saturated rings. The first-order valence-corrected chi connectivity index (χ1v) is 7.22. The van der Waals surface area contributed by atoms with Crippen molar-refractivity contribution in [1.82, 2.24) is 0 Å². The van der Waals surface area contributed by atoms with Crippen molar-refractivity contribution in [1.29, 1.82) is 5.41 Å². The highest BCUT2D eigenvalue weighted by molar-refractivity contribution is 6.34. The van der Waals surface area contributed by atoms with Crippen LogP contribution in [0.25, 0.3) is 11.1 Å². The van der Waals surface area contributed by atoms with Crippen LogP contribution in [0, 0.1) is 5.41 Å². The summed E-state index contributed by atoms with van der Waals surface area (Å²) < 4.78 is 10.2. The van der Waals surface area contributed by atoms with Crippen molar-refractivity contribution in [3.63, 3.8) is 0 Å². The Labute approximate surface area is 140 Å². The third-order valence-corrected chi connectivity index (χ3v) is 3.12. The number of rotatable bonds is 5. The maximum atomic E-state index is 11.5. The Morgan fingerprint density at radius 2 is 1.17 bits per heavy atom. The third kappa shape index (κ3) is 4.39. The highest BCUT2D eigenvalue weighted by atomic mass is 16.5. The molecule has 0 aliphatic rings. The lowest BCUT2D eigenvalue weighted by atomic mass is 10.1. The fraction of sp³-hybridized carbons (Fsp3) is 0.105. The van der Waals surface area contributed by atoms with Crippen LogP contribution in [-0.2, 0) is 9.59 Å².